The fraction of sp³-hybridized carbons (Fsp3) is 0.227. The molecule has 3 aromatic rings. The van der Waals surface area contributed by atoms with Crippen LogP contribution in [0.25, 0.3) is 5.65 Å². The normalized spacial score (nSPS) is 19.2. The molecule has 6 N–H and O–H groups in total. The average Bonchev–Trinajstić information content (AvgIpc) is 3.49. The molecule has 0 spiro atoms. The van der Waals surface area contributed by atoms with Gasteiger partial charge in [0.1, 0.15) is 42.7 Å². The molecule has 1 fully saturated rings. The number of hydrogen-bond acceptors (Lipinski definition) is 10. The quantitative estimate of drug-likeness (QED) is 0.118. The Kier molecular flexibility index (Phi) is 6.50. The number of primary amides is 1. The smallest absolute Gasteiger partial charge is 0.352 e. The van der Waals surface area contributed by atoms with E-state index in [1.807, 2.05) is 0 Å². The number of anilines is 1. The zero-order valence-corrected chi connectivity index (χ0v) is 21.4. The number of nitrogens with two attached hydrogens (primary N) is 2. The molecule has 0 saturated carbocycles. The number of β-lactam (4-membered cyclic amide) rings is 1. The summed E-state index contributed by atoms with van der Waals surface area (Å²) in [4.78, 5) is 60.2. The summed E-state index contributed by atoms with van der Waals surface area (Å²) in [6.07, 6.45) is 3.22. The SMILES string of the molecule is CO/N=C(\C(=O)N[C@@H]1C(=O)N2C(C(=O)O)=C(C[n+]3cc(C(N)=O)n4ccccc43)CS[C@@H]12)c1csc(N)n1. The van der Waals surface area contributed by atoms with E-state index in [-0.39, 0.29) is 40.2 Å². The second-order valence-electron chi connectivity index (χ2n) is 8.25. The lowest BCUT2D eigenvalue weighted by molar-refractivity contribution is -0.662. The first-order valence-electron chi connectivity index (χ1n) is 11.0. The number of nitrogen functional groups attached to an aromatic ring is 1. The van der Waals surface area contributed by atoms with E-state index >= 15 is 0 Å². The monoisotopic (exact) mass is 557 g/mol. The number of aromatic nitrogens is 3. The van der Waals surface area contributed by atoms with Crippen LogP contribution in [0, 0.1) is 0 Å². The van der Waals surface area contributed by atoms with Gasteiger partial charge in [0.05, 0.1) is 6.20 Å². The maximum absolute atomic E-state index is 13.1. The van der Waals surface area contributed by atoms with Crippen LogP contribution in [0.4, 0.5) is 5.13 Å². The second-order valence-corrected chi connectivity index (χ2v) is 10.2. The van der Waals surface area contributed by atoms with E-state index < -0.39 is 35.1 Å². The minimum Gasteiger partial charge on any atom is -0.477 e. The summed E-state index contributed by atoms with van der Waals surface area (Å²) < 4.78 is 3.31. The van der Waals surface area contributed by atoms with Crippen molar-refractivity contribution in [3.63, 3.8) is 0 Å². The van der Waals surface area contributed by atoms with Gasteiger partial charge in [0, 0.05) is 22.8 Å². The lowest BCUT2D eigenvalue weighted by atomic mass is 10.0. The molecule has 0 aromatic carbocycles. The number of amides is 3. The van der Waals surface area contributed by atoms with Gasteiger partial charge >= 0.3 is 5.97 Å². The molecule has 3 amide bonds. The molecule has 0 unspecified atom stereocenters. The van der Waals surface area contributed by atoms with Crippen molar-refractivity contribution in [2.75, 3.05) is 18.6 Å². The first kappa shape index (κ1) is 25.2. The third-order valence-corrected chi connectivity index (χ3v) is 8.00. The number of thioether (sulfide) groups is 1. The molecule has 16 heteroatoms. The van der Waals surface area contributed by atoms with Crippen molar-refractivity contribution in [1.82, 2.24) is 19.6 Å². The lowest BCUT2D eigenvalue weighted by Crippen LogP contribution is -2.71. The van der Waals surface area contributed by atoms with Crippen molar-refractivity contribution in [1.29, 1.82) is 0 Å². The number of fused-ring (bicyclic) bond motifs is 2. The van der Waals surface area contributed by atoms with Gasteiger partial charge in [0.25, 0.3) is 23.4 Å². The van der Waals surface area contributed by atoms with E-state index in [0.717, 1.165) is 11.3 Å². The molecule has 0 radical (unpaired) electrons. The van der Waals surface area contributed by atoms with Gasteiger partial charge in [-0.15, -0.1) is 23.1 Å². The van der Waals surface area contributed by atoms with Crippen LogP contribution in [0.2, 0.25) is 0 Å². The first-order chi connectivity index (χ1) is 18.2. The van der Waals surface area contributed by atoms with Crippen LogP contribution in [0.1, 0.15) is 16.2 Å². The summed E-state index contributed by atoms with van der Waals surface area (Å²) in [5.41, 5.74) is 12.3. The Labute approximate surface area is 222 Å². The number of rotatable bonds is 8. The number of nitrogens with zero attached hydrogens (tertiary/aromatic N) is 5. The predicted molar refractivity (Wildman–Crippen MR) is 136 cm³/mol. The standard InChI is InChI=1S/C22H20N8O6S2/c1-36-27-14(11-9-38-22(24)25-11)18(32)26-15-19(33)30-16(21(34)35)10(8-37-20(15)30)6-28-7-12(17(23)31)29-5-3-2-4-13(28)29/h2-5,7,9,15,20H,6,8H2,1H3,(H5-,23,24,25,26,31,32,34,35)/p+1/b27-14-/t15-,20+/m1/s1. The van der Waals surface area contributed by atoms with E-state index in [4.69, 9.17) is 16.3 Å². The van der Waals surface area contributed by atoms with Crippen LogP contribution in [0.15, 0.2) is 52.4 Å². The fourth-order valence-corrected chi connectivity index (χ4v) is 6.25. The van der Waals surface area contributed by atoms with Crippen molar-refractivity contribution < 1.29 is 33.7 Å². The number of carboxylic acids is 1. The van der Waals surface area contributed by atoms with E-state index in [1.165, 1.54) is 29.2 Å². The summed E-state index contributed by atoms with van der Waals surface area (Å²) in [6.45, 7) is 0.110. The van der Waals surface area contributed by atoms with Gasteiger partial charge < -0.3 is 26.7 Å². The van der Waals surface area contributed by atoms with Gasteiger partial charge in [-0.1, -0.05) is 11.2 Å². The minimum absolute atomic E-state index is 0.110. The topological polar surface area (TPSA) is 199 Å². The van der Waals surface area contributed by atoms with Crippen molar-refractivity contribution in [2.45, 2.75) is 18.0 Å². The zero-order chi connectivity index (χ0) is 27.1. The van der Waals surface area contributed by atoms with Gasteiger partial charge in [-0.05, 0) is 6.07 Å². The van der Waals surface area contributed by atoms with E-state index in [9.17, 15) is 24.3 Å². The number of hydrogen-bond donors (Lipinski definition) is 4. The molecule has 1 saturated heterocycles. The van der Waals surface area contributed by atoms with Gasteiger partial charge in [-0.2, -0.15) is 4.40 Å². The average molecular weight is 558 g/mol. The molecule has 3 aromatic heterocycles. The number of nitrogens with one attached hydrogen (secondary N) is 1. The molecule has 38 heavy (non-hydrogen) atoms. The number of pyridine rings is 1. The maximum atomic E-state index is 13.1. The third kappa shape index (κ3) is 4.22. The maximum Gasteiger partial charge on any atom is 0.352 e. The molecular formula is C22H21N8O6S2+. The Morgan fingerprint density at radius 3 is 2.82 bits per heavy atom. The summed E-state index contributed by atoms with van der Waals surface area (Å²) in [5, 5.41) is 17.5. The summed E-state index contributed by atoms with van der Waals surface area (Å²) >= 11 is 2.42. The largest absolute Gasteiger partial charge is 0.477 e. The fourth-order valence-electron chi connectivity index (χ4n) is 4.37. The lowest BCUT2D eigenvalue weighted by Gasteiger charge is -2.49. The van der Waals surface area contributed by atoms with Crippen molar-refractivity contribution in [3.05, 3.63) is 58.6 Å². The number of oxime groups is 1. The van der Waals surface area contributed by atoms with Crippen molar-refractivity contribution in [2.24, 2.45) is 10.9 Å². The van der Waals surface area contributed by atoms with E-state index in [1.54, 1.807) is 39.6 Å². The Bertz CT molecular complexity index is 1560. The molecule has 0 bridgehead atoms. The Morgan fingerprint density at radius 1 is 1.37 bits per heavy atom. The van der Waals surface area contributed by atoms with Crippen LogP contribution < -0.4 is 21.4 Å². The van der Waals surface area contributed by atoms with Crippen molar-refractivity contribution >= 4 is 63.3 Å². The van der Waals surface area contributed by atoms with Crippen LogP contribution in [0.3, 0.4) is 0 Å². The first-order valence-corrected chi connectivity index (χ1v) is 13.0. The van der Waals surface area contributed by atoms with Crippen LogP contribution in [-0.4, -0.2) is 73.1 Å². The van der Waals surface area contributed by atoms with Gasteiger partial charge in [0.2, 0.25) is 5.69 Å². The van der Waals surface area contributed by atoms with E-state index in [2.05, 4.69) is 15.5 Å². The van der Waals surface area contributed by atoms with Gasteiger partial charge in [0.15, 0.2) is 10.8 Å². The molecule has 5 heterocycles. The number of carbonyl (C=O) groups is 4. The molecule has 2 aliphatic heterocycles. The number of carboxylic acid groups (broad SMARTS) is 1. The highest BCUT2D eigenvalue weighted by atomic mass is 32.2. The molecule has 2 atom stereocenters. The summed E-state index contributed by atoms with van der Waals surface area (Å²) in [7, 11) is 1.26. The van der Waals surface area contributed by atoms with Crippen molar-refractivity contribution in [3.8, 4) is 0 Å². The third-order valence-electron chi connectivity index (χ3n) is 5.98. The van der Waals surface area contributed by atoms with Gasteiger partial charge in [-0.25, -0.2) is 14.3 Å². The molecule has 5 rings (SSSR count). The number of imidazole rings is 1. The van der Waals surface area contributed by atoms with Crippen LogP contribution in [-0.2, 0) is 25.8 Å². The van der Waals surface area contributed by atoms with E-state index in [0.29, 0.717) is 11.2 Å². The number of aliphatic carboxylic acids is 1. The van der Waals surface area contributed by atoms with Crippen LogP contribution in [0.5, 0.6) is 0 Å². The summed E-state index contributed by atoms with van der Waals surface area (Å²) in [5.74, 6) is -2.93. The zero-order valence-electron chi connectivity index (χ0n) is 19.7. The molecule has 14 nitrogen and oxygen atoms in total. The highest BCUT2D eigenvalue weighted by Crippen LogP contribution is 2.40. The Morgan fingerprint density at radius 2 is 2.16 bits per heavy atom. The Hall–Kier alpha value is -4.44. The molecule has 196 valence electrons. The molecule has 0 aliphatic carbocycles. The highest BCUT2D eigenvalue weighted by Gasteiger charge is 2.54. The summed E-state index contributed by atoms with van der Waals surface area (Å²) in [6, 6.07) is 4.31. The number of thiazole rings is 1. The molecular weight excluding hydrogens is 536 g/mol. The highest BCUT2D eigenvalue weighted by molar-refractivity contribution is 8.00. The van der Waals surface area contributed by atoms with Crippen LogP contribution >= 0.6 is 23.1 Å². The van der Waals surface area contributed by atoms with Gasteiger partial charge in [-0.3, -0.25) is 19.3 Å². The predicted octanol–water partition coefficient (Wildman–Crippen LogP) is -0.846. The minimum atomic E-state index is -1.28. The Balaban J connectivity index is 1.40. The second kappa shape index (κ2) is 9.79. The number of carbonyl (C=O) groups excluding carboxylic acids is 3. The molecule has 2 aliphatic rings.